The molecule has 0 saturated carbocycles. The molecule has 1 aromatic heterocycles. The summed E-state index contributed by atoms with van der Waals surface area (Å²) < 4.78 is 0. The molecule has 9 nitrogen and oxygen atoms in total. The van der Waals surface area contributed by atoms with Crippen LogP contribution >= 0.6 is 0 Å². The molecule has 3 heterocycles. The molecule has 31 heavy (non-hydrogen) atoms. The Morgan fingerprint density at radius 2 is 2.13 bits per heavy atom. The minimum absolute atomic E-state index is 0.171. The number of anilines is 1. The van der Waals surface area contributed by atoms with E-state index in [0.29, 0.717) is 12.1 Å². The molecule has 160 valence electrons. The molecular formula is C22H23N5O4. The van der Waals surface area contributed by atoms with E-state index in [1.54, 1.807) is 19.1 Å². The molecule has 9 heteroatoms. The Labute approximate surface area is 178 Å². The number of likely N-dealkylation sites (tertiary alicyclic amines) is 1. The van der Waals surface area contributed by atoms with E-state index in [0.717, 1.165) is 21.6 Å². The highest BCUT2D eigenvalue weighted by Crippen LogP contribution is 2.31. The summed E-state index contributed by atoms with van der Waals surface area (Å²) in [5, 5.41) is 15.6. The van der Waals surface area contributed by atoms with Crippen LogP contribution in [0.3, 0.4) is 0 Å². The van der Waals surface area contributed by atoms with Gasteiger partial charge in [0, 0.05) is 18.9 Å². The Bertz CT molecular complexity index is 1080. The first-order chi connectivity index (χ1) is 14.9. The van der Waals surface area contributed by atoms with Crippen molar-refractivity contribution in [3.8, 4) is 0 Å². The second-order valence-electron chi connectivity index (χ2n) is 7.70. The van der Waals surface area contributed by atoms with Crippen molar-refractivity contribution in [3.63, 3.8) is 0 Å². The van der Waals surface area contributed by atoms with Gasteiger partial charge in [-0.05, 0) is 47.7 Å². The number of carboxylic acids is 1. The van der Waals surface area contributed by atoms with Gasteiger partial charge in [0.25, 0.3) is 0 Å². The third-order valence-electron chi connectivity index (χ3n) is 5.67. The van der Waals surface area contributed by atoms with Gasteiger partial charge in [-0.2, -0.15) is 0 Å². The maximum atomic E-state index is 12.8. The van der Waals surface area contributed by atoms with Crippen molar-refractivity contribution in [2.75, 3.05) is 5.73 Å². The quantitative estimate of drug-likeness (QED) is 0.535. The number of β-lactam (4-membered cyclic amide) rings is 1. The first-order valence-corrected chi connectivity index (χ1v) is 9.95. The average molecular weight is 421 g/mol. The number of fused-ring (bicyclic) bond motifs is 1. The number of benzene rings is 1. The summed E-state index contributed by atoms with van der Waals surface area (Å²) in [5.74, 6) is -2.30. The number of aromatic nitrogens is 1. The van der Waals surface area contributed by atoms with Crippen LogP contribution in [0, 0.1) is 5.92 Å². The third-order valence-corrected chi connectivity index (χ3v) is 5.67. The molecule has 0 aliphatic carbocycles. The number of nitrogen functional groups attached to an aromatic ring is 1. The number of nitrogens with two attached hydrogens (primary N) is 1. The van der Waals surface area contributed by atoms with Crippen LogP contribution in [0.4, 0.5) is 10.6 Å². The second-order valence-corrected chi connectivity index (χ2v) is 7.70. The molecule has 0 radical (unpaired) electrons. The first-order valence-electron chi connectivity index (χ1n) is 9.95. The molecule has 2 aliphatic rings. The van der Waals surface area contributed by atoms with Crippen LogP contribution in [0.5, 0.6) is 0 Å². The smallest absolute Gasteiger partial charge is 0.327 e. The van der Waals surface area contributed by atoms with E-state index in [9.17, 15) is 19.5 Å². The number of amides is 3. The summed E-state index contributed by atoms with van der Waals surface area (Å²) in [7, 11) is 0. The van der Waals surface area contributed by atoms with E-state index in [1.165, 1.54) is 6.20 Å². The second kappa shape index (κ2) is 8.10. The lowest BCUT2D eigenvalue weighted by Gasteiger charge is -2.43. The molecule has 0 bridgehead atoms. The van der Waals surface area contributed by atoms with Crippen molar-refractivity contribution in [1.29, 1.82) is 0 Å². The SMILES string of the molecule is CC(NC(=O)N1C(=O)[C@H](Cc2ccnc(N)c2)C1C(=O)O)C1=CNCc2ccccc21. The zero-order chi connectivity index (χ0) is 22.1. The number of nitrogens with zero attached hydrogens (tertiary/aromatic N) is 2. The van der Waals surface area contributed by atoms with Crippen LogP contribution in [0.1, 0.15) is 23.6 Å². The van der Waals surface area contributed by atoms with Gasteiger partial charge in [0.2, 0.25) is 5.91 Å². The molecule has 5 N–H and O–H groups in total. The summed E-state index contributed by atoms with van der Waals surface area (Å²) >= 11 is 0. The van der Waals surface area contributed by atoms with E-state index < -0.39 is 35.9 Å². The van der Waals surface area contributed by atoms with E-state index in [2.05, 4.69) is 15.6 Å². The lowest BCUT2D eigenvalue weighted by molar-refractivity contribution is -0.165. The normalized spacial score (nSPS) is 20.6. The zero-order valence-electron chi connectivity index (χ0n) is 16.9. The van der Waals surface area contributed by atoms with Crippen LogP contribution < -0.4 is 16.4 Å². The lowest BCUT2D eigenvalue weighted by atomic mass is 9.82. The number of pyridine rings is 1. The zero-order valence-corrected chi connectivity index (χ0v) is 16.9. The number of carboxylic acid groups (broad SMARTS) is 1. The lowest BCUT2D eigenvalue weighted by Crippen LogP contribution is -2.69. The fourth-order valence-electron chi connectivity index (χ4n) is 4.13. The Hall–Kier alpha value is -3.88. The molecule has 2 unspecified atom stereocenters. The van der Waals surface area contributed by atoms with E-state index in [-0.39, 0.29) is 12.2 Å². The maximum absolute atomic E-state index is 12.8. The van der Waals surface area contributed by atoms with Gasteiger partial charge in [-0.1, -0.05) is 24.3 Å². The van der Waals surface area contributed by atoms with Crippen LogP contribution in [-0.4, -0.2) is 45.0 Å². The highest BCUT2D eigenvalue weighted by Gasteiger charge is 2.54. The molecule has 1 aromatic carbocycles. The molecule has 1 fully saturated rings. The van der Waals surface area contributed by atoms with E-state index in [4.69, 9.17) is 5.73 Å². The molecular weight excluding hydrogens is 398 g/mol. The molecule has 4 rings (SSSR count). The van der Waals surface area contributed by atoms with Gasteiger partial charge in [0.15, 0.2) is 6.04 Å². The molecule has 2 aliphatic heterocycles. The monoisotopic (exact) mass is 421 g/mol. The predicted molar refractivity (Wildman–Crippen MR) is 113 cm³/mol. The molecule has 0 spiro atoms. The van der Waals surface area contributed by atoms with Crippen LogP contribution in [0.25, 0.3) is 5.57 Å². The number of rotatable bonds is 5. The van der Waals surface area contributed by atoms with Gasteiger partial charge >= 0.3 is 12.0 Å². The highest BCUT2D eigenvalue weighted by atomic mass is 16.4. The van der Waals surface area contributed by atoms with Crippen molar-refractivity contribution in [2.24, 2.45) is 5.92 Å². The topological polar surface area (TPSA) is 138 Å². The molecule has 2 aromatic rings. The summed E-state index contributed by atoms with van der Waals surface area (Å²) in [6, 6.07) is 8.71. The Kier molecular flexibility index (Phi) is 5.33. The molecule has 3 amide bonds. The number of aliphatic carboxylic acids is 1. The number of imide groups is 1. The standard InChI is InChI=1S/C22H23N5O4/c1-12(17-11-24-10-14-4-2-3-5-15(14)17)26-22(31)27-19(21(29)30)16(20(27)28)8-13-6-7-25-18(23)9-13/h2-7,9,11-12,16,19,24H,8,10H2,1H3,(H2,23,25)(H,26,31)(H,29,30)/t12?,16-,19?/m1/s1. The fraction of sp³-hybridized carbons (Fsp3) is 0.273. The predicted octanol–water partition coefficient (Wildman–Crippen LogP) is 1.36. The minimum atomic E-state index is -1.24. The maximum Gasteiger partial charge on any atom is 0.327 e. The highest BCUT2D eigenvalue weighted by molar-refractivity contribution is 6.08. The fourth-order valence-corrected chi connectivity index (χ4v) is 4.13. The Morgan fingerprint density at radius 1 is 1.35 bits per heavy atom. The molecule has 1 saturated heterocycles. The van der Waals surface area contributed by atoms with Crippen molar-refractivity contribution >= 4 is 29.3 Å². The van der Waals surface area contributed by atoms with Gasteiger partial charge in [0.1, 0.15) is 5.82 Å². The largest absolute Gasteiger partial charge is 0.480 e. The number of hydrogen-bond donors (Lipinski definition) is 4. The average Bonchev–Trinajstić information content (AvgIpc) is 2.74. The van der Waals surface area contributed by atoms with Gasteiger partial charge in [-0.25, -0.2) is 19.5 Å². The summed E-state index contributed by atoms with van der Waals surface area (Å²) in [6.45, 7) is 2.48. The van der Waals surface area contributed by atoms with Crippen molar-refractivity contribution in [3.05, 3.63) is 65.5 Å². The minimum Gasteiger partial charge on any atom is -0.480 e. The van der Waals surface area contributed by atoms with Crippen molar-refractivity contribution in [1.82, 2.24) is 20.5 Å². The first kappa shape index (κ1) is 20.4. The van der Waals surface area contributed by atoms with Crippen LogP contribution in [-0.2, 0) is 22.6 Å². The summed E-state index contributed by atoms with van der Waals surface area (Å²) in [4.78, 5) is 42.0. The molecule has 3 atom stereocenters. The number of nitrogens with one attached hydrogen (secondary N) is 2. The van der Waals surface area contributed by atoms with Gasteiger partial charge in [-0.15, -0.1) is 0 Å². The van der Waals surface area contributed by atoms with E-state index in [1.807, 2.05) is 30.5 Å². The number of urea groups is 1. The van der Waals surface area contributed by atoms with Crippen LogP contribution in [0.15, 0.2) is 48.8 Å². The third kappa shape index (κ3) is 3.81. The van der Waals surface area contributed by atoms with Gasteiger partial charge in [-0.3, -0.25) is 4.79 Å². The van der Waals surface area contributed by atoms with E-state index >= 15 is 0 Å². The van der Waals surface area contributed by atoms with Crippen LogP contribution in [0.2, 0.25) is 0 Å². The van der Waals surface area contributed by atoms with Crippen molar-refractivity contribution < 1.29 is 19.5 Å². The van der Waals surface area contributed by atoms with Crippen molar-refractivity contribution in [2.45, 2.75) is 32.0 Å². The van der Waals surface area contributed by atoms with Gasteiger partial charge in [0.05, 0.1) is 12.0 Å². The summed E-state index contributed by atoms with van der Waals surface area (Å²) in [6.07, 6.45) is 3.50. The van der Waals surface area contributed by atoms with Gasteiger partial charge < -0.3 is 21.5 Å². The Balaban J connectivity index is 1.47. The number of carbonyl (C=O) groups is 3. The summed E-state index contributed by atoms with van der Waals surface area (Å²) in [5.41, 5.74) is 9.32. The number of hydrogen-bond acceptors (Lipinski definition) is 6. The number of carbonyl (C=O) groups excluding carboxylic acids is 2. The Morgan fingerprint density at radius 3 is 2.87 bits per heavy atom.